The normalized spacial score (nSPS) is 27.5. The standard InChI is InChI=1S/C20H19F2N5O5/c1-10(2)20(22)16(31-15(30)11-6-4-3-5-7-11)19(21,8-28)32-17(20)27-9-24-12-13(27)25-18(23)26-14(12)29/h3-7,9,16-17,28H,1,8H2,2H3,(H3,23,25,26,29)/t16-,17-,19-,20-/m1/s1. The Kier molecular flexibility index (Phi) is 5.06. The largest absolute Gasteiger partial charge is 0.449 e. The zero-order valence-corrected chi connectivity index (χ0v) is 16.8. The van der Waals surface area contributed by atoms with Gasteiger partial charge in [-0.15, -0.1) is 0 Å². The first-order chi connectivity index (χ1) is 15.1. The van der Waals surface area contributed by atoms with Crippen LogP contribution in [0, 0.1) is 0 Å². The summed E-state index contributed by atoms with van der Waals surface area (Å²) >= 11 is 0. The molecule has 0 radical (unpaired) electrons. The van der Waals surface area contributed by atoms with Crippen LogP contribution in [0.3, 0.4) is 0 Å². The van der Waals surface area contributed by atoms with E-state index in [2.05, 4.69) is 21.5 Å². The molecule has 3 heterocycles. The average molecular weight is 447 g/mol. The zero-order chi connectivity index (χ0) is 23.3. The Morgan fingerprint density at radius 3 is 2.72 bits per heavy atom. The molecule has 4 atom stereocenters. The monoisotopic (exact) mass is 447 g/mol. The highest BCUT2D eigenvalue weighted by Gasteiger charge is 2.69. The number of esters is 1. The highest BCUT2D eigenvalue weighted by molar-refractivity contribution is 5.89. The number of hydrogen-bond acceptors (Lipinski definition) is 8. The number of ether oxygens (including phenoxy) is 2. The fourth-order valence-corrected chi connectivity index (χ4v) is 3.63. The first kappa shape index (κ1) is 21.6. The number of halogens is 2. The number of anilines is 1. The van der Waals surface area contributed by atoms with Crippen LogP contribution in [0.2, 0.25) is 0 Å². The maximum atomic E-state index is 16.6. The highest BCUT2D eigenvalue weighted by atomic mass is 19.2. The lowest BCUT2D eigenvalue weighted by Gasteiger charge is -2.32. The maximum absolute atomic E-state index is 16.6. The molecule has 1 aliphatic rings. The van der Waals surface area contributed by atoms with Gasteiger partial charge in [0, 0.05) is 0 Å². The number of nitrogens with one attached hydrogen (secondary N) is 1. The summed E-state index contributed by atoms with van der Waals surface area (Å²) in [5.74, 6) is -4.47. The fraction of sp³-hybridized carbons (Fsp3) is 0.300. The molecular formula is C20H19F2N5O5. The topological polar surface area (TPSA) is 145 Å². The van der Waals surface area contributed by atoms with E-state index in [4.69, 9.17) is 15.2 Å². The number of H-pyrrole nitrogens is 1. The van der Waals surface area contributed by atoms with E-state index in [9.17, 15) is 14.7 Å². The van der Waals surface area contributed by atoms with Crippen molar-refractivity contribution in [2.75, 3.05) is 12.3 Å². The second-order valence-electron chi connectivity index (χ2n) is 7.39. The van der Waals surface area contributed by atoms with E-state index in [-0.39, 0.29) is 28.2 Å². The van der Waals surface area contributed by atoms with Crippen molar-refractivity contribution in [1.82, 2.24) is 19.5 Å². The molecule has 2 aromatic heterocycles. The Hall–Kier alpha value is -3.64. The molecule has 3 aromatic rings. The molecule has 1 saturated heterocycles. The number of aromatic amines is 1. The number of nitrogens with zero attached hydrogens (tertiary/aromatic N) is 3. The lowest BCUT2D eigenvalue weighted by atomic mass is 9.88. The third-order valence-corrected chi connectivity index (χ3v) is 5.25. The Morgan fingerprint density at radius 2 is 2.09 bits per heavy atom. The van der Waals surface area contributed by atoms with E-state index in [1.165, 1.54) is 19.1 Å². The summed E-state index contributed by atoms with van der Waals surface area (Å²) < 4.78 is 43.6. The number of nitrogen functional groups attached to an aromatic ring is 1. The Bertz CT molecular complexity index is 1260. The van der Waals surface area contributed by atoms with Gasteiger partial charge in [0.1, 0.15) is 6.61 Å². The Balaban J connectivity index is 1.84. The molecule has 0 spiro atoms. The van der Waals surface area contributed by atoms with Gasteiger partial charge < -0.3 is 20.3 Å². The second-order valence-corrected chi connectivity index (χ2v) is 7.39. The average Bonchev–Trinajstić information content (AvgIpc) is 3.28. The number of alkyl halides is 2. The van der Waals surface area contributed by atoms with Crippen molar-refractivity contribution in [3.8, 4) is 0 Å². The molecule has 32 heavy (non-hydrogen) atoms. The number of benzene rings is 1. The molecule has 168 valence electrons. The van der Waals surface area contributed by atoms with Gasteiger partial charge in [0.05, 0.1) is 11.9 Å². The molecular weight excluding hydrogens is 428 g/mol. The van der Waals surface area contributed by atoms with Crippen LogP contribution >= 0.6 is 0 Å². The van der Waals surface area contributed by atoms with Crippen LogP contribution in [-0.4, -0.2) is 54.8 Å². The number of aromatic nitrogens is 4. The van der Waals surface area contributed by atoms with E-state index in [0.29, 0.717) is 0 Å². The van der Waals surface area contributed by atoms with Crippen LogP contribution in [0.4, 0.5) is 14.7 Å². The SMILES string of the molecule is C=C(C)[C@]1(F)[C@H](n2cnc3c(=O)[nH]c(N)nc32)O[C@](F)(CO)[C@H]1OC(=O)c1ccccc1. The van der Waals surface area contributed by atoms with Crippen LogP contribution < -0.4 is 11.3 Å². The Labute approximate surface area is 179 Å². The van der Waals surface area contributed by atoms with Crippen molar-refractivity contribution in [2.45, 2.75) is 30.8 Å². The number of aliphatic hydroxyl groups excluding tert-OH is 1. The molecule has 0 unspecified atom stereocenters. The Morgan fingerprint density at radius 1 is 1.41 bits per heavy atom. The fourth-order valence-electron chi connectivity index (χ4n) is 3.63. The van der Waals surface area contributed by atoms with Crippen LogP contribution in [0.5, 0.6) is 0 Å². The quantitative estimate of drug-likeness (QED) is 0.393. The second kappa shape index (κ2) is 7.50. The molecule has 4 rings (SSSR count). The molecule has 1 fully saturated rings. The number of aliphatic hydroxyl groups is 1. The van der Waals surface area contributed by atoms with Gasteiger partial charge in [0.2, 0.25) is 17.7 Å². The van der Waals surface area contributed by atoms with Crippen molar-refractivity contribution in [1.29, 1.82) is 0 Å². The van der Waals surface area contributed by atoms with Gasteiger partial charge in [-0.05, 0) is 24.6 Å². The van der Waals surface area contributed by atoms with E-state index < -0.39 is 42.0 Å². The van der Waals surface area contributed by atoms with Gasteiger partial charge in [0.15, 0.2) is 17.4 Å². The molecule has 0 bridgehead atoms. The van der Waals surface area contributed by atoms with Gasteiger partial charge in [-0.2, -0.15) is 4.98 Å². The third kappa shape index (κ3) is 3.15. The molecule has 1 aromatic carbocycles. The third-order valence-electron chi connectivity index (χ3n) is 5.25. The van der Waals surface area contributed by atoms with E-state index in [0.717, 1.165) is 10.9 Å². The number of fused-ring (bicyclic) bond motifs is 1. The van der Waals surface area contributed by atoms with Crippen molar-refractivity contribution >= 4 is 23.1 Å². The number of carbonyl (C=O) groups excluding carboxylic acids is 1. The molecule has 4 N–H and O–H groups in total. The van der Waals surface area contributed by atoms with Crippen molar-refractivity contribution < 1.29 is 28.2 Å². The first-order valence-corrected chi connectivity index (χ1v) is 9.42. The summed E-state index contributed by atoms with van der Waals surface area (Å²) in [6.45, 7) is 3.48. The van der Waals surface area contributed by atoms with E-state index >= 15 is 8.78 Å². The van der Waals surface area contributed by atoms with Gasteiger partial charge in [-0.25, -0.2) is 18.6 Å². The predicted molar refractivity (Wildman–Crippen MR) is 108 cm³/mol. The molecule has 1 aliphatic heterocycles. The van der Waals surface area contributed by atoms with Gasteiger partial charge in [0.25, 0.3) is 11.4 Å². The number of nitrogens with two attached hydrogens (primary N) is 1. The van der Waals surface area contributed by atoms with Crippen LogP contribution in [0.1, 0.15) is 23.5 Å². The van der Waals surface area contributed by atoms with Gasteiger partial charge >= 0.3 is 5.97 Å². The minimum atomic E-state index is -3.15. The number of hydrogen-bond donors (Lipinski definition) is 3. The lowest BCUT2D eigenvalue weighted by molar-refractivity contribution is -0.206. The van der Waals surface area contributed by atoms with Gasteiger partial charge in [-0.3, -0.25) is 14.3 Å². The number of carbonyl (C=O) groups is 1. The lowest BCUT2D eigenvalue weighted by Crippen LogP contribution is -2.51. The van der Waals surface area contributed by atoms with Gasteiger partial charge in [-0.1, -0.05) is 24.8 Å². The van der Waals surface area contributed by atoms with Crippen LogP contribution in [-0.2, 0) is 9.47 Å². The summed E-state index contributed by atoms with van der Waals surface area (Å²) in [6.07, 6.45) is -3.12. The summed E-state index contributed by atoms with van der Waals surface area (Å²) in [7, 11) is 0. The predicted octanol–water partition coefficient (Wildman–Crippen LogP) is 1.40. The number of rotatable bonds is 5. The summed E-state index contributed by atoms with van der Waals surface area (Å²) in [6, 6.07) is 7.55. The smallest absolute Gasteiger partial charge is 0.338 e. The minimum absolute atomic E-state index is 0.0364. The number of imidazole rings is 1. The molecule has 0 saturated carbocycles. The van der Waals surface area contributed by atoms with Crippen molar-refractivity contribution in [2.24, 2.45) is 0 Å². The van der Waals surface area contributed by atoms with Crippen molar-refractivity contribution in [3.63, 3.8) is 0 Å². The zero-order valence-electron chi connectivity index (χ0n) is 16.8. The molecule has 10 nitrogen and oxygen atoms in total. The maximum Gasteiger partial charge on any atom is 0.338 e. The highest BCUT2D eigenvalue weighted by Crippen LogP contribution is 2.53. The minimum Gasteiger partial charge on any atom is -0.449 e. The van der Waals surface area contributed by atoms with Crippen LogP contribution in [0.25, 0.3) is 11.2 Å². The molecule has 12 heteroatoms. The first-order valence-electron chi connectivity index (χ1n) is 9.42. The molecule has 0 amide bonds. The van der Waals surface area contributed by atoms with E-state index in [1.807, 2.05) is 0 Å². The van der Waals surface area contributed by atoms with E-state index in [1.54, 1.807) is 18.2 Å². The van der Waals surface area contributed by atoms with Crippen LogP contribution in [0.15, 0.2) is 53.6 Å². The molecule has 0 aliphatic carbocycles. The summed E-state index contributed by atoms with van der Waals surface area (Å²) in [4.78, 5) is 34.7. The summed E-state index contributed by atoms with van der Waals surface area (Å²) in [5, 5.41) is 9.71. The van der Waals surface area contributed by atoms with Crippen molar-refractivity contribution in [3.05, 3.63) is 64.7 Å². The summed E-state index contributed by atoms with van der Waals surface area (Å²) in [5.41, 5.74) is 1.36.